The van der Waals surface area contributed by atoms with Gasteiger partial charge in [0.15, 0.2) is 0 Å². The third-order valence-electron chi connectivity index (χ3n) is 13.7. The molecule has 0 N–H and O–H groups in total. The van der Waals surface area contributed by atoms with Gasteiger partial charge in [-0.25, -0.2) is 4.79 Å². The van der Waals surface area contributed by atoms with Crippen molar-refractivity contribution in [3.05, 3.63) is 123 Å². The molecule has 1 aliphatic heterocycles. The summed E-state index contributed by atoms with van der Waals surface area (Å²) in [5.41, 5.74) is 10.00. The molecule has 0 bridgehead atoms. The standard InChI is InChI=1S/C63H84O7P2/c1-56(2,3)37-29-42(51(46(33-37)60(13,14)15)66-71-65-50-28-26-25-27-41(50)55(64)70-71)43-30-38(57(4,5)6)34-47(61(16,17)18)52(43)67-72-68-53-44(31-39(58(7,8)9)35-48(53)62(19,20)21)45-32-40(59(10,11)12)36-49(54(45)69-72)63(22,23)24/h25-36H,1-24H3. The molecule has 1 aromatic heterocycles. The quantitative estimate of drug-likeness (QED) is 0.159. The highest BCUT2D eigenvalue weighted by atomic mass is 31.2. The maximum Gasteiger partial charge on any atom is 0.532 e. The number of benzene rings is 5. The Bertz CT molecular complexity index is 3020. The summed E-state index contributed by atoms with van der Waals surface area (Å²) in [7, 11) is -4.43. The molecule has 72 heavy (non-hydrogen) atoms. The van der Waals surface area contributed by atoms with E-state index in [4.69, 9.17) is 26.5 Å². The van der Waals surface area contributed by atoms with E-state index in [1.165, 1.54) is 11.1 Å². The Balaban J connectivity index is 1.68. The first-order valence-electron chi connectivity index (χ1n) is 25.7. The topological polar surface area (TPSA) is 80.3 Å². The second-order valence-corrected chi connectivity index (χ2v) is 30.4. The molecule has 6 aromatic rings. The average Bonchev–Trinajstić information content (AvgIpc) is 3.36. The molecule has 2 heterocycles. The van der Waals surface area contributed by atoms with E-state index in [-0.39, 0.29) is 32.5 Å². The fraction of sp³-hybridized carbons (Fsp3) is 0.508. The summed E-state index contributed by atoms with van der Waals surface area (Å²) in [4.78, 5) is 13.6. The summed E-state index contributed by atoms with van der Waals surface area (Å²) < 4.78 is 42.2. The lowest BCUT2D eigenvalue weighted by Gasteiger charge is -2.33. The van der Waals surface area contributed by atoms with Crippen LogP contribution in [0.4, 0.5) is 0 Å². The molecule has 388 valence electrons. The first kappa shape index (κ1) is 55.1. The van der Waals surface area contributed by atoms with E-state index in [9.17, 15) is 4.79 Å². The molecule has 0 spiro atoms. The van der Waals surface area contributed by atoms with E-state index in [1.807, 2.05) is 6.07 Å². The maximum absolute atomic E-state index is 13.6. The van der Waals surface area contributed by atoms with Crippen molar-refractivity contribution in [1.82, 2.24) is 0 Å². The summed E-state index contributed by atoms with van der Waals surface area (Å²) in [5.74, 6) is 1.14. The van der Waals surface area contributed by atoms with E-state index in [1.54, 1.807) is 18.2 Å². The Kier molecular flexibility index (Phi) is 14.0. The van der Waals surface area contributed by atoms with Gasteiger partial charge in [-0.05, 0) is 102 Å². The van der Waals surface area contributed by atoms with Crippen LogP contribution in [0.5, 0.6) is 17.2 Å². The van der Waals surface area contributed by atoms with Crippen LogP contribution in [0, 0.1) is 0 Å². The highest BCUT2D eigenvalue weighted by Gasteiger charge is 2.38. The first-order valence-corrected chi connectivity index (χ1v) is 27.9. The van der Waals surface area contributed by atoms with Gasteiger partial charge in [0.1, 0.15) is 34.0 Å². The number of hydrogen-bond donors (Lipinski definition) is 0. The van der Waals surface area contributed by atoms with Gasteiger partial charge in [0, 0.05) is 44.2 Å². The van der Waals surface area contributed by atoms with Crippen molar-refractivity contribution in [2.75, 3.05) is 0 Å². The van der Waals surface area contributed by atoms with Gasteiger partial charge < -0.3 is 26.5 Å². The van der Waals surface area contributed by atoms with Crippen LogP contribution < -0.4 is 13.6 Å². The predicted octanol–water partition coefficient (Wildman–Crippen LogP) is 20.0. The third kappa shape index (κ3) is 11.3. The molecule has 0 aliphatic carbocycles. The van der Waals surface area contributed by atoms with Crippen molar-refractivity contribution in [1.29, 1.82) is 0 Å². The van der Waals surface area contributed by atoms with E-state index in [0.29, 0.717) is 22.8 Å². The molecule has 7 rings (SSSR count). The van der Waals surface area contributed by atoms with Gasteiger partial charge >= 0.3 is 22.8 Å². The average molecular weight is 1020 g/mol. The summed E-state index contributed by atoms with van der Waals surface area (Å²) in [5, 5.41) is 2.00. The Hall–Kier alpha value is -4.70. The van der Waals surface area contributed by atoms with Gasteiger partial charge in [0.2, 0.25) is 0 Å². The van der Waals surface area contributed by atoms with Crippen LogP contribution in [0.25, 0.3) is 33.1 Å². The summed E-state index contributed by atoms with van der Waals surface area (Å²) >= 11 is 0. The van der Waals surface area contributed by atoms with Crippen LogP contribution in [-0.4, -0.2) is 5.97 Å². The largest absolute Gasteiger partial charge is 0.532 e. The Morgan fingerprint density at radius 1 is 0.375 bits per heavy atom. The van der Waals surface area contributed by atoms with Crippen molar-refractivity contribution in [2.45, 2.75) is 209 Å². The van der Waals surface area contributed by atoms with Crippen LogP contribution in [0.2, 0.25) is 0 Å². The molecular weight excluding hydrogens is 931 g/mol. The minimum atomic E-state index is -2.22. The van der Waals surface area contributed by atoms with Crippen LogP contribution in [0.1, 0.15) is 221 Å². The SMILES string of the molecule is CC(C)(C)c1cc(-c2cc(C(C)(C)C)cc(C(C)(C)C)c2Op2oc3c(C(C)(C)C)cc(C(C)(C)C)cc3c3cc(C(C)(C)C)cc(C(C)(C)C)c3o2)c(OP2OC(=O)c3ccccc3O2)c(C(C)(C)C)c1. The fourth-order valence-electron chi connectivity index (χ4n) is 8.99. The zero-order valence-electron chi connectivity index (χ0n) is 48.2. The minimum absolute atomic E-state index is 0.150. The van der Waals surface area contributed by atoms with Gasteiger partial charge in [-0.2, -0.15) is 0 Å². The normalized spacial score (nSPS) is 15.3. The second kappa shape index (κ2) is 18.3. The van der Waals surface area contributed by atoms with Gasteiger partial charge in [0.25, 0.3) is 0 Å². The molecule has 1 aliphatic rings. The van der Waals surface area contributed by atoms with Gasteiger partial charge in [-0.15, -0.1) is 0 Å². The molecule has 0 radical (unpaired) electrons. The minimum Gasteiger partial charge on any atom is -0.408 e. The Morgan fingerprint density at radius 2 is 0.722 bits per heavy atom. The lowest BCUT2D eigenvalue weighted by atomic mass is 9.75. The molecule has 5 aromatic carbocycles. The lowest BCUT2D eigenvalue weighted by molar-refractivity contribution is 0.0697. The number of para-hydroxylation sites is 1. The molecule has 1 atom stereocenters. The number of carbonyl (C=O) groups excluding carboxylic acids is 1. The van der Waals surface area contributed by atoms with Gasteiger partial charge in [0.05, 0.1) is 0 Å². The maximum atomic E-state index is 13.6. The Morgan fingerprint density at radius 3 is 1.10 bits per heavy atom. The lowest BCUT2D eigenvalue weighted by Crippen LogP contribution is -2.21. The second-order valence-electron chi connectivity index (χ2n) is 28.4. The van der Waals surface area contributed by atoms with E-state index in [2.05, 4.69) is 215 Å². The van der Waals surface area contributed by atoms with Crippen molar-refractivity contribution in [2.24, 2.45) is 0 Å². The highest BCUT2D eigenvalue weighted by Crippen LogP contribution is 2.57. The monoisotopic (exact) mass is 1010 g/mol. The molecule has 7 nitrogen and oxygen atoms in total. The van der Waals surface area contributed by atoms with Crippen molar-refractivity contribution < 1.29 is 31.3 Å². The molecule has 0 amide bonds. The van der Waals surface area contributed by atoms with Crippen molar-refractivity contribution in [3.63, 3.8) is 0 Å². The van der Waals surface area contributed by atoms with Crippen LogP contribution in [-0.2, 0) is 47.8 Å². The Labute approximate surface area is 434 Å². The first-order chi connectivity index (χ1) is 32.6. The molecule has 0 saturated heterocycles. The highest BCUT2D eigenvalue weighted by molar-refractivity contribution is 7.43. The fourth-order valence-corrected chi connectivity index (χ4v) is 11.2. The van der Waals surface area contributed by atoms with Crippen molar-refractivity contribution >= 4 is 44.8 Å². The zero-order chi connectivity index (χ0) is 53.9. The smallest absolute Gasteiger partial charge is 0.408 e. The molecular formula is C63H84O7P2. The third-order valence-corrected chi connectivity index (χ3v) is 15.7. The number of fused-ring (bicyclic) bond motifs is 4. The van der Waals surface area contributed by atoms with E-state index < -0.39 is 33.6 Å². The summed E-state index contributed by atoms with van der Waals surface area (Å²) in [6.45, 7) is 53.9. The van der Waals surface area contributed by atoms with E-state index in [0.717, 1.165) is 66.4 Å². The summed E-state index contributed by atoms with van der Waals surface area (Å²) in [6, 6.07) is 25.5. The van der Waals surface area contributed by atoms with Crippen LogP contribution in [0.3, 0.4) is 0 Å². The number of rotatable bonds is 5. The van der Waals surface area contributed by atoms with Gasteiger partial charge in [-0.3, -0.25) is 0 Å². The summed E-state index contributed by atoms with van der Waals surface area (Å²) in [6.07, 6.45) is 0. The number of carbonyl (C=O) groups is 1. The zero-order valence-corrected chi connectivity index (χ0v) is 50.0. The molecule has 0 saturated carbocycles. The molecule has 9 heteroatoms. The van der Waals surface area contributed by atoms with Gasteiger partial charge in [-0.1, -0.05) is 203 Å². The molecule has 1 unspecified atom stereocenters. The van der Waals surface area contributed by atoms with Crippen molar-refractivity contribution in [3.8, 4) is 28.4 Å². The van der Waals surface area contributed by atoms with E-state index >= 15 is 0 Å². The van der Waals surface area contributed by atoms with Crippen LogP contribution in [0.15, 0.2) is 81.2 Å². The molecule has 0 fully saturated rings. The number of hydrogen-bond acceptors (Lipinski definition) is 7. The predicted molar refractivity (Wildman–Crippen MR) is 304 cm³/mol. The van der Waals surface area contributed by atoms with Crippen LogP contribution >= 0.6 is 16.8 Å².